The monoisotopic (exact) mass is 315 g/mol. The molecule has 1 saturated heterocycles. The van der Waals surface area contributed by atoms with E-state index in [1.165, 1.54) is 6.07 Å². The summed E-state index contributed by atoms with van der Waals surface area (Å²) < 4.78 is 32.5. The van der Waals surface area contributed by atoms with Crippen molar-refractivity contribution in [2.45, 2.75) is 30.2 Å². The Balaban J connectivity index is 2.31. The molecule has 0 atom stereocenters. The van der Waals surface area contributed by atoms with Crippen molar-refractivity contribution < 1.29 is 28.2 Å². The quantitative estimate of drug-likeness (QED) is 0.762. The van der Waals surface area contributed by atoms with Crippen LogP contribution in [0, 0.1) is 0 Å². The fraction of sp³-hybridized carbons (Fsp3) is 0.462. The molecular weight excluding hydrogens is 298 g/mol. The van der Waals surface area contributed by atoms with E-state index >= 15 is 0 Å². The van der Waals surface area contributed by atoms with E-state index in [9.17, 15) is 18.3 Å². The van der Waals surface area contributed by atoms with E-state index in [1.54, 1.807) is 6.92 Å². The molecule has 0 aromatic heterocycles. The van der Waals surface area contributed by atoms with Gasteiger partial charge in [0.25, 0.3) is 0 Å². The number of carbonyl (C=O) groups is 1. The molecule has 1 heterocycles. The zero-order valence-corrected chi connectivity index (χ0v) is 12.3. The lowest BCUT2D eigenvalue weighted by molar-refractivity contribution is 0.0537. The molecular formula is C13H17NO6S. The van der Waals surface area contributed by atoms with Crippen molar-refractivity contribution in [2.24, 2.45) is 0 Å². The summed E-state index contributed by atoms with van der Waals surface area (Å²) in [5.41, 5.74) is -1.08. The maximum Gasteiger partial charge on any atom is 0.339 e. The summed E-state index contributed by atoms with van der Waals surface area (Å²) in [4.78, 5) is 10.8. The Kier molecular flexibility index (Phi) is 4.22. The molecule has 1 aromatic carbocycles. The van der Waals surface area contributed by atoms with Gasteiger partial charge in [-0.1, -0.05) is 0 Å². The lowest BCUT2D eigenvalue weighted by Gasteiger charge is -2.34. The van der Waals surface area contributed by atoms with Gasteiger partial charge in [0.2, 0.25) is 10.0 Å². The Bertz CT molecular complexity index is 649. The highest BCUT2D eigenvalue weighted by Crippen LogP contribution is 2.25. The summed E-state index contributed by atoms with van der Waals surface area (Å²) in [5, 5.41) is 18.4. The summed E-state index contributed by atoms with van der Waals surface area (Å²) in [6, 6.07) is 3.18. The first-order valence-electron chi connectivity index (χ1n) is 6.42. The molecule has 0 aliphatic carbocycles. The molecule has 0 radical (unpaired) electrons. The van der Waals surface area contributed by atoms with Crippen LogP contribution in [0.5, 0.6) is 5.75 Å². The van der Waals surface area contributed by atoms with E-state index in [0.29, 0.717) is 26.1 Å². The Labute approximate surface area is 122 Å². The number of carboxylic acid groups (broad SMARTS) is 1. The van der Waals surface area contributed by atoms with Gasteiger partial charge < -0.3 is 14.9 Å². The molecule has 0 spiro atoms. The van der Waals surface area contributed by atoms with Crippen molar-refractivity contribution in [1.29, 1.82) is 0 Å². The molecule has 0 bridgehead atoms. The minimum absolute atomic E-state index is 0.189. The number of hydrogen-bond donors (Lipinski definition) is 3. The van der Waals surface area contributed by atoms with Crippen molar-refractivity contribution in [2.75, 3.05) is 13.2 Å². The molecule has 1 aliphatic heterocycles. The first kappa shape index (κ1) is 15.7. The Morgan fingerprint density at radius 1 is 1.33 bits per heavy atom. The van der Waals surface area contributed by atoms with E-state index in [-0.39, 0.29) is 4.90 Å². The summed E-state index contributed by atoms with van der Waals surface area (Å²) in [7, 11) is -3.87. The number of rotatable bonds is 4. The van der Waals surface area contributed by atoms with Crippen LogP contribution >= 0.6 is 0 Å². The van der Waals surface area contributed by atoms with E-state index in [2.05, 4.69) is 4.72 Å². The summed E-state index contributed by atoms with van der Waals surface area (Å²) >= 11 is 0. The fourth-order valence-corrected chi connectivity index (χ4v) is 3.65. The van der Waals surface area contributed by atoms with Gasteiger partial charge in [-0.25, -0.2) is 17.9 Å². The lowest BCUT2D eigenvalue weighted by atomic mass is 9.94. The fourth-order valence-electron chi connectivity index (χ4n) is 2.16. The number of carboxylic acids is 1. The molecule has 116 valence electrons. The van der Waals surface area contributed by atoms with Crippen molar-refractivity contribution in [3.63, 3.8) is 0 Å². The Hall–Kier alpha value is -1.64. The van der Waals surface area contributed by atoms with Crippen molar-refractivity contribution in [3.8, 4) is 5.75 Å². The third kappa shape index (κ3) is 3.52. The topological polar surface area (TPSA) is 113 Å². The highest BCUT2D eigenvalue weighted by molar-refractivity contribution is 7.89. The maximum atomic E-state index is 12.4. The van der Waals surface area contributed by atoms with Crippen LogP contribution in [0.15, 0.2) is 23.1 Å². The smallest absolute Gasteiger partial charge is 0.339 e. The summed E-state index contributed by atoms with van der Waals surface area (Å²) in [6.07, 6.45) is 1.08. The third-order valence-electron chi connectivity index (χ3n) is 3.49. The largest absolute Gasteiger partial charge is 0.507 e. The Morgan fingerprint density at radius 2 is 1.95 bits per heavy atom. The van der Waals surface area contributed by atoms with Crippen LogP contribution in [0.1, 0.15) is 30.1 Å². The zero-order chi connectivity index (χ0) is 15.7. The minimum atomic E-state index is -3.87. The van der Waals surface area contributed by atoms with Gasteiger partial charge in [0, 0.05) is 18.8 Å². The van der Waals surface area contributed by atoms with Crippen molar-refractivity contribution in [3.05, 3.63) is 23.8 Å². The van der Waals surface area contributed by atoms with Gasteiger partial charge in [-0.15, -0.1) is 0 Å². The second kappa shape index (κ2) is 5.63. The van der Waals surface area contributed by atoms with Crippen LogP contribution < -0.4 is 4.72 Å². The zero-order valence-electron chi connectivity index (χ0n) is 11.5. The Morgan fingerprint density at radius 3 is 2.52 bits per heavy atom. The standard InChI is InChI=1S/C13H17NO6S/c1-13(4-6-20-7-5-13)14-21(18,19)9-2-3-11(15)10(8-9)12(16)17/h2-3,8,14-15H,4-7H2,1H3,(H,16,17). The average molecular weight is 315 g/mol. The number of aromatic carboxylic acids is 1. The summed E-state index contributed by atoms with van der Waals surface area (Å²) in [6.45, 7) is 2.72. The number of aromatic hydroxyl groups is 1. The molecule has 1 aromatic rings. The molecule has 2 rings (SSSR count). The van der Waals surface area contributed by atoms with Crippen LogP contribution in [0.2, 0.25) is 0 Å². The second-order valence-corrected chi connectivity index (χ2v) is 6.95. The molecule has 1 fully saturated rings. The van der Waals surface area contributed by atoms with Gasteiger partial charge in [-0.05, 0) is 38.0 Å². The average Bonchev–Trinajstić information content (AvgIpc) is 2.38. The minimum Gasteiger partial charge on any atom is -0.507 e. The maximum absolute atomic E-state index is 12.4. The number of sulfonamides is 1. The van der Waals surface area contributed by atoms with Gasteiger partial charge in [0.05, 0.1) is 4.90 Å². The van der Waals surface area contributed by atoms with Crippen molar-refractivity contribution >= 4 is 16.0 Å². The molecule has 0 amide bonds. The van der Waals surface area contributed by atoms with Crippen LogP contribution in [0.3, 0.4) is 0 Å². The van der Waals surface area contributed by atoms with E-state index in [4.69, 9.17) is 9.84 Å². The number of phenols is 1. The van der Waals surface area contributed by atoms with Crippen LogP contribution in [0.4, 0.5) is 0 Å². The number of benzene rings is 1. The predicted molar refractivity (Wildman–Crippen MR) is 73.8 cm³/mol. The van der Waals surface area contributed by atoms with E-state index in [1.807, 2.05) is 0 Å². The van der Waals surface area contributed by atoms with Crippen molar-refractivity contribution in [1.82, 2.24) is 4.72 Å². The molecule has 21 heavy (non-hydrogen) atoms. The van der Waals surface area contributed by atoms with E-state index in [0.717, 1.165) is 12.1 Å². The van der Waals surface area contributed by atoms with Gasteiger partial charge in [-0.2, -0.15) is 0 Å². The molecule has 7 nitrogen and oxygen atoms in total. The van der Waals surface area contributed by atoms with Crippen LogP contribution in [-0.4, -0.2) is 43.4 Å². The summed E-state index contributed by atoms with van der Waals surface area (Å²) in [5.74, 6) is -1.86. The molecule has 0 unspecified atom stereocenters. The van der Waals surface area contributed by atoms with Gasteiger partial charge in [-0.3, -0.25) is 0 Å². The number of ether oxygens (including phenoxy) is 1. The van der Waals surface area contributed by atoms with Gasteiger partial charge in [0.15, 0.2) is 0 Å². The van der Waals surface area contributed by atoms with Gasteiger partial charge in [0.1, 0.15) is 11.3 Å². The molecule has 3 N–H and O–H groups in total. The first-order chi connectivity index (χ1) is 9.73. The highest BCUT2D eigenvalue weighted by atomic mass is 32.2. The molecule has 1 aliphatic rings. The van der Waals surface area contributed by atoms with Gasteiger partial charge >= 0.3 is 5.97 Å². The number of hydrogen-bond acceptors (Lipinski definition) is 5. The lowest BCUT2D eigenvalue weighted by Crippen LogP contribution is -2.49. The number of nitrogens with one attached hydrogen (secondary N) is 1. The van der Waals surface area contributed by atoms with Crippen LogP contribution in [0.25, 0.3) is 0 Å². The van der Waals surface area contributed by atoms with Crippen LogP contribution in [-0.2, 0) is 14.8 Å². The van der Waals surface area contributed by atoms with E-state index < -0.39 is 32.8 Å². The molecule has 8 heteroatoms. The normalized spacial score (nSPS) is 18.3. The second-order valence-electron chi connectivity index (χ2n) is 5.26. The third-order valence-corrected chi connectivity index (χ3v) is 5.12. The first-order valence-corrected chi connectivity index (χ1v) is 7.90. The predicted octanol–water partition coefficient (Wildman–Crippen LogP) is 0.938. The highest BCUT2D eigenvalue weighted by Gasteiger charge is 2.33. The SMILES string of the molecule is CC1(NS(=O)(=O)c2ccc(O)c(C(=O)O)c2)CCOCC1. The molecule has 0 saturated carbocycles.